The lowest BCUT2D eigenvalue weighted by atomic mass is 10.1. The van der Waals surface area contributed by atoms with Crippen LogP contribution in [0.1, 0.15) is 24.3 Å². The van der Waals surface area contributed by atoms with Gasteiger partial charge < -0.3 is 14.0 Å². The van der Waals surface area contributed by atoms with Crippen LogP contribution in [0.5, 0.6) is 5.75 Å². The van der Waals surface area contributed by atoms with Crippen molar-refractivity contribution < 1.29 is 18.8 Å². The zero-order chi connectivity index (χ0) is 19.4. The first kappa shape index (κ1) is 19.0. The Labute approximate surface area is 165 Å². The predicted molar refractivity (Wildman–Crippen MR) is 106 cm³/mol. The van der Waals surface area contributed by atoms with Crippen LogP contribution < -0.4 is 10.1 Å². The van der Waals surface area contributed by atoms with Gasteiger partial charge in [0.1, 0.15) is 23.2 Å². The molecule has 0 saturated heterocycles. The van der Waals surface area contributed by atoms with Gasteiger partial charge in [-0.3, -0.25) is 5.32 Å². The molecule has 7 heteroatoms. The molecule has 1 N–H and O–H groups in total. The minimum Gasteiger partial charge on any atom is -0.497 e. The molecule has 0 unspecified atom stereocenters. The van der Waals surface area contributed by atoms with Crippen molar-refractivity contribution in [2.45, 2.75) is 20.0 Å². The van der Waals surface area contributed by atoms with Crippen LogP contribution in [0.25, 0.3) is 11.3 Å². The molecular weight excluding hydrogens is 412 g/mol. The van der Waals surface area contributed by atoms with E-state index in [1.165, 1.54) is 0 Å². The predicted octanol–water partition coefficient (Wildman–Crippen LogP) is 5.73. The molecule has 1 aromatic heterocycles. The van der Waals surface area contributed by atoms with E-state index in [0.29, 0.717) is 22.9 Å². The third-order valence-electron chi connectivity index (χ3n) is 4.04. The van der Waals surface area contributed by atoms with E-state index in [0.717, 1.165) is 15.6 Å². The van der Waals surface area contributed by atoms with Crippen molar-refractivity contribution in [3.05, 3.63) is 64.3 Å². The topological polar surface area (TPSA) is 73.6 Å². The highest BCUT2D eigenvalue weighted by atomic mass is 79.9. The minimum absolute atomic E-state index is 0.448. The summed E-state index contributed by atoms with van der Waals surface area (Å²) in [6.45, 7) is 3.55. The summed E-state index contributed by atoms with van der Waals surface area (Å²) in [5.41, 5.74) is 2.69. The number of nitrogens with zero attached hydrogens (tertiary/aromatic N) is 1. The molecule has 6 nitrogen and oxygen atoms in total. The molecule has 3 rings (SSSR count). The fourth-order valence-corrected chi connectivity index (χ4v) is 2.83. The van der Waals surface area contributed by atoms with Crippen LogP contribution in [0.15, 0.2) is 57.5 Å². The third kappa shape index (κ3) is 4.49. The van der Waals surface area contributed by atoms with Gasteiger partial charge in [0.25, 0.3) is 0 Å². The van der Waals surface area contributed by atoms with Crippen LogP contribution in [-0.4, -0.2) is 18.4 Å². The highest BCUT2D eigenvalue weighted by molar-refractivity contribution is 9.10. The Morgan fingerprint density at radius 1 is 1.22 bits per heavy atom. The van der Waals surface area contributed by atoms with Gasteiger partial charge in [0.15, 0.2) is 5.76 Å². The van der Waals surface area contributed by atoms with E-state index in [4.69, 9.17) is 14.0 Å². The number of aryl methyl sites for hydroxylation is 1. The zero-order valence-electron chi connectivity index (χ0n) is 15.2. The average molecular weight is 431 g/mol. The lowest BCUT2D eigenvalue weighted by molar-refractivity contribution is 0.121. The number of amides is 1. The maximum absolute atomic E-state index is 12.4. The van der Waals surface area contributed by atoms with Crippen molar-refractivity contribution in [3.8, 4) is 17.1 Å². The summed E-state index contributed by atoms with van der Waals surface area (Å²) in [4.78, 5) is 12.4. The lowest BCUT2D eigenvalue weighted by Crippen LogP contribution is -2.16. The van der Waals surface area contributed by atoms with Gasteiger partial charge >= 0.3 is 6.09 Å². The van der Waals surface area contributed by atoms with Crippen molar-refractivity contribution >= 4 is 27.7 Å². The molecule has 0 aliphatic heterocycles. The molecule has 140 valence electrons. The highest BCUT2D eigenvalue weighted by Gasteiger charge is 2.20. The second kappa shape index (κ2) is 8.26. The molecule has 0 spiro atoms. The summed E-state index contributed by atoms with van der Waals surface area (Å²) >= 11 is 3.40. The Bertz CT molecular complexity index is 937. The van der Waals surface area contributed by atoms with E-state index in [9.17, 15) is 4.79 Å². The fraction of sp³-hybridized carbons (Fsp3) is 0.200. The summed E-state index contributed by atoms with van der Waals surface area (Å²) in [6, 6.07) is 14.9. The van der Waals surface area contributed by atoms with Gasteiger partial charge in [0.2, 0.25) is 0 Å². The van der Waals surface area contributed by atoms with Crippen molar-refractivity contribution in [2.24, 2.45) is 0 Å². The van der Waals surface area contributed by atoms with Crippen molar-refractivity contribution in [3.63, 3.8) is 0 Å². The number of methoxy groups -OCH3 is 1. The largest absolute Gasteiger partial charge is 0.497 e. The second-order valence-electron chi connectivity index (χ2n) is 5.93. The highest BCUT2D eigenvalue weighted by Crippen LogP contribution is 2.32. The van der Waals surface area contributed by atoms with Crippen LogP contribution in [0.3, 0.4) is 0 Å². The van der Waals surface area contributed by atoms with E-state index in [1.54, 1.807) is 21.0 Å². The van der Waals surface area contributed by atoms with Crippen LogP contribution >= 0.6 is 15.9 Å². The normalized spacial score (nSPS) is 11.7. The number of halogens is 1. The molecule has 0 fully saturated rings. The summed E-state index contributed by atoms with van der Waals surface area (Å²) < 4.78 is 17.0. The van der Waals surface area contributed by atoms with E-state index in [1.807, 2.05) is 48.5 Å². The van der Waals surface area contributed by atoms with E-state index >= 15 is 0 Å². The van der Waals surface area contributed by atoms with E-state index in [-0.39, 0.29) is 0 Å². The van der Waals surface area contributed by atoms with Crippen molar-refractivity contribution in [1.29, 1.82) is 0 Å². The van der Waals surface area contributed by atoms with E-state index in [2.05, 4.69) is 26.4 Å². The van der Waals surface area contributed by atoms with Crippen LogP contribution in [-0.2, 0) is 4.74 Å². The summed E-state index contributed by atoms with van der Waals surface area (Å²) in [7, 11) is 1.59. The third-order valence-corrected chi connectivity index (χ3v) is 4.57. The van der Waals surface area contributed by atoms with Gasteiger partial charge in [-0.15, -0.1) is 0 Å². The number of hydrogen-bond acceptors (Lipinski definition) is 5. The van der Waals surface area contributed by atoms with Crippen LogP contribution in [0.2, 0.25) is 0 Å². The maximum atomic E-state index is 12.4. The molecule has 2 aromatic carbocycles. The van der Waals surface area contributed by atoms with Gasteiger partial charge in [-0.2, -0.15) is 0 Å². The molecule has 0 bridgehead atoms. The first-order chi connectivity index (χ1) is 13.0. The molecule has 0 saturated carbocycles. The van der Waals surface area contributed by atoms with Crippen LogP contribution in [0.4, 0.5) is 10.5 Å². The number of anilines is 1. The van der Waals surface area contributed by atoms with E-state index < -0.39 is 12.2 Å². The van der Waals surface area contributed by atoms with Gasteiger partial charge in [-0.25, -0.2) is 4.79 Å². The Hall–Kier alpha value is -2.80. The number of rotatable bonds is 5. The summed E-state index contributed by atoms with van der Waals surface area (Å²) in [5, 5.41) is 6.70. The molecule has 1 heterocycles. The number of carbonyl (C=O) groups excluding carboxylic acids is 1. The Kier molecular flexibility index (Phi) is 5.81. The number of hydrogen-bond donors (Lipinski definition) is 1. The Morgan fingerprint density at radius 3 is 2.67 bits per heavy atom. The zero-order valence-corrected chi connectivity index (χ0v) is 16.7. The summed E-state index contributed by atoms with van der Waals surface area (Å²) in [6.07, 6.45) is -1.04. The number of aromatic nitrogens is 1. The van der Waals surface area contributed by atoms with Gasteiger partial charge in [-0.05, 0) is 55.8 Å². The molecule has 1 amide bonds. The first-order valence-corrected chi connectivity index (χ1v) is 9.11. The number of ether oxygens (including phenoxy) is 2. The molecule has 0 radical (unpaired) electrons. The molecule has 3 aromatic rings. The van der Waals surface area contributed by atoms with Crippen molar-refractivity contribution in [1.82, 2.24) is 5.16 Å². The second-order valence-corrected chi connectivity index (χ2v) is 6.84. The maximum Gasteiger partial charge on any atom is 0.412 e. The number of benzene rings is 2. The SMILES string of the molecule is COc1cccc([C@@H](C)OC(=O)Nc2c(C)noc2-c2ccc(Br)cc2)c1. The minimum atomic E-state index is -0.588. The quantitative estimate of drug-likeness (QED) is 0.559. The smallest absolute Gasteiger partial charge is 0.412 e. The fourth-order valence-electron chi connectivity index (χ4n) is 2.57. The Balaban J connectivity index is 1.74. The van der Waals surface area contributed by atoms with Gasteiger partial charge in [-0.1, -0.05) is 33.2 Å². The Morgan fingerprint density at radius 2 is 1.96 bits per heavy atom. The molecule has 0 aliphatic carbocycles. The average Bonchev–Trinajstić information content (AvgIpc) is 3.02. The van der Waals surface area contributed by atoms with Crippen molar-refractivity contribution in [2.75, 3.05) is 12.4 Å². The van der Waals surface area contributed by atoms with Crippen LogP contribution in [0, 0.1) is 6.92 Å². The molecule has 0 aliphatic rings. The number of nitrogens with one attached hydrogen (secondary N) is 1. The molecule has 1 atom stereocenters. The van der Waals surface area contributed by atoms with Gasteiger partial charge in [0.05, 0.1) is 7.11 Å². The monoisotopic (exact) mass is 430 g/mol. The summed E-state index contributed by atoms with van der Waals surface area (Å²) in [5.74, 6) is 1.18. The first-order valence-electron chi connectivity index (χ1n) is 8.31. The lowest BCUT2D eigenvalue weighted by Gasteiger charge is -2.15. The molecule has 27 heavy (non-hydrogen) atoms. The standard InChI is InChI=1S/C20H19BrN2O4/c1-12-18(19(27-23-12)14-7-9-16(21)10-8-14)22-20(24)26-13(2)15-5-4-6-17(11-15)25-3/h4-11,13H,1-3H3,(H,22,24)/t13-/m1/s1. The van der Waals surface area contributed by atoms with Gasteiger partial charge in [0, 0.05) is 10.0 Å². The molecular formula is C20H19BrN2O4. The number of carbonyl (C=O) groups is 1.